The minimum Gasteiger partial charge on any atom is -0.512 e. The van der Waals surface area contributed by atoms with Crippen LogP contribution < -0.4 is 0 Å². The van der Waals surface area contributed by atoms with Gasteiger partial charge in [-0.05, 0) is 18.1 Å². The number of rotatable bonds is 6. The Morgan fingerprint density at radius 2 is 1.56 bits per heavy atom. The molecule has 2 aromatic carbocycles. The van der Waals surface area contributed by atoms with E-state index in [-0.39, 0.29) is 24.4 Å². The van der Waals surface area contributed by atoms with Crippen LogP contribution in [0.5, 0.6) is 0 Å². The molecular formula is C20H19NO4. The number of carbonyl (C=O) groups is 2. The summed E-state index contributed by atoms with van der Waals surface area (Å²) in [6.07, 6.45) is 1.17. The lowest BCUT2D eigenvalue weighted by molar-refractivity contribution is -0.139. The van der Waals surface area contributed by atoms with E-state index in [0.717, 1.165) is 17.3 Å². The number of ether oxygens (including phenoxy) is 1. The van der Waals surface area contributed by atoms with Crippen molar-refractivity contribution < 1.29 is 19.4 Å². The Morgan fingerprint density at radius 3 is 2.12 bits per heavy atom. The normalized spacial score (nSPS) is 11.9. The minimum absolute atomic E-state index is 0.0717. The molecule has 0 bridgehead atoms. The van der Waals surface area contributed by atoms with Crippen LogP contribution in [0.25, 0.3) is 0 Å². The highest BCUT2D eigenvalue weighted by Gasteiger charge is 2.13. The van der Waals surface area contributed by atoms with E-state index in [1.54, 1.807) is 0 Å². The maximum atomic E-state index is 12.1. The molecule has 0 saturated heterocycles. The summed E-state index contributed by atoms with van der Waals surface area (Å²) in [4.78, 5) is 27.7. The van der Waals surface area contributed by atoms with Crippen LogP contribution in [0.15, 0.2) is 77.0 Å². The summed E-state index contributed by atoms with van der Waals surface area (Å²) in [5.41, 5.74) is 1.50. The topological polar surface area (TPSA) is 76.0 Å². The highest BCUT2D eigenvalue weighted by Crippen LogP contribution is 2.07. The fourth-order valence-electron chi connectivity index (χ4n) is 2.05. The van der Waals surface area contributed by atoms with Gasteiger partial charge in [0, 0.05) is 6.21 Å². The lowest BCUT2D eigenvalue weighted by Gasteiger charge is -2.06. The van der Waals surface area contributed by atoms with Gasteiger partial charge in [0.15, 0.2) is 0 Å². The summed E-state index contributed by atoms with van der Waals surface area (Å²) in [6.45, 7) is 1.41. The van der Waals surface area contributed by atoms with Crippen molar-refractivity contribution in [1.82, 2.24) is 0 Å². The number of hydrogen-bond acceptors (Lipinski definition) is 4. The standard InChI is InChI=1S/C20H19NO4/c1-15(22)18(20(24)25-14-17-10-6-3-7-11-17)13-21-19(23)12-16-8-4-2-5-9-16/h2-11,13,22H,12,14H2,1H3. The molecule has 1 amide bonds. The molecule has 0 atom stereocenters. The van der Waals surface area contributed by atoms with Crippen LogP contribution in [-0.4, -0.2) is 23.2 Å². The second kappa shape index (κ2) is 9.17. The fourth-order valence-corrected chi connectivity index (χ4v) is 2.05. The van der Waals surface area contributed by atoms with Gasteiger partial charge in [0.05, 0.1) is 6.42 Å². The molecule has 2 aromatic rings. The third-order valence-electron chi connectivity index (χ3n) is 3.36. The summed E-state index contributed by atoms with van der Waals surface area (Å²) in [6, 6.07) is 18.3. The summed E-state index contributed by atoms with van der Waals surface area (Å²) >= 11 is 0. The van der Waals surface area contributed by atoms with Crippen molar-refractivity contribution in [2.45, 2.75) is 20.0 Å². The number of aliphatic hydroxyl groups is 1. The maximum Gasteiger partial charge on any atom is 0.343 e. The van der Waals surface area contributed by atoms with Crippen molar-refractivity contribution in [3.05, 3.63) is 83.1 Å². The Balaban J connectivity index is 1.97. The number of allylic oxidation sites excluding steroid dienone is 1. The highest BCUT2D eigenvalue weighted by atomic mass is 16.5. The smallest absolute Gasteiger partial charge is 0.343 e. The van der Waals surface area contributed by atoms with Gasteiger partial charge in [-0.1, -0.05) is 60.7 Å². The Kier molecular flexibility index (Phi) is 6.65. The van der Waals surface area contributed by atoms with Crippen molar-refractivity contribution in [1.29, 1.82) is 0 Å². The van der Waals surface area contributed by atoms with E-state index < -0.39 is 11.9 Å². The highest BCUT2D eigenvalue weighted by molar-refractivity contribution is 6.12. The summed E-state index contributed by atoms with van der Waals surface area (Å²) in [7, 11) is 0. The van der Waals surface area contributed by atoms with Crippen LogP contribution >= 0.6 is 0 Å². The van der Waals surface area contributed by atoms with Crippen molar-refractivity contribution in [3.8, 4) is 0 Å². The predicted octanol–water partition coefficient (Wildman–Crippen LogP) is 3.40. The molecule has 128 valence electrons. The second-order valence-electron chi connectivity index (χ2n) is 5.38. The average molecular weight is 337 g/mol. The van der Waals surface area contributed by atoms with Crippen LogP contribution in [0.4, 0.5) is 0 Å². The van der Waals surface area contributed by atoms with Crippen molar-refractivity contribution in [2.75, 3.05) is 0 Å². The van der Waals surface area contributed by atoms with Crippen molar-refractivity contribution in [3.63, 3.8) is 0 Å². The molecule has 5 nitrogen and oxygen atoms in total. The van der Waals surface area contributed by atoms with E-state index in [2.05, 4.69) is 4.99 Å². The van der Waals surface area contributed by atoms with Crippen LogP contribution in [0.2, 0.25) is 0 Å². The maximum absolute atomic E-state index is 12.1. The van der Waals surface area contributed by atoms with E-state index in [4.69, 9.17) is 4.74 Å². The minimum atomic E-state index is -0.736. The van der Waals surface area contributed by atoms with Crippen LogP contribution in [0.3, 0.4) is 0 Å². The molecule has 0 saturated carbocycles. The molecule has 0 aliphatic carbocycles. The lowest BCUT2D eigenvalue weighted by Crippen LogP contribution is -2.12. The quantitative estimate of drug-likeness (QED) is 0.379. The molecule has 5 heteroatoms. The molecule has 0 radical (unpaired) electrons. The molecule has 0 aliphatic heterocycles. The number of aliphatic hydroxyl groups excluding tert-OH is 1. The first kappa shape index (κ1) is 18.1. The monoisotopic (exact) mass is 337 g/mol. The van der Waals surface area contributed by atoms with Gasteiger partial charge in [-0.25, -0.2) is 9.79 Å². The largest absolute Gasteiger partial charge is 0.512 e. The molecule has 0 aliphatic rings. The first-order chi connectivity index (χ1) is 12.1. The zero-order valence-corrected chi connectivity index (χ0v) is 13.9. The Hall–Kier alpha value is -3.21. The number of benzene rings is 2. The Bertz CT molecular complexity index is 776. The molecule has 0 heterocycles. The van der Waals surface area contributed by atoms with E-state index >= 15 is 0 Å². The number of amides is 1. The molecule has 1 N–H and O–H groups in total. The first-order valence-corrected chi connectivity index (χ1v) is 7.78. The number of esters is 1. The summed E-state index contributed by atoms with van der Waals surface area (Å²) in [5, 5.41) is 9.66. The van der Waals surface area contributed by atoms with Gasteiger partial charge < -0.3 is 9.84 Å². The molecule has 0 aromatic heterocycles. The van der Waals surface area contributed by atoms with Crippen LogP contribution in [-0.2, 0) is 27.4 Å². The average Bonchev–Trinajstić information content (AvgIpc) is 2.61. The first-order valence-electron chi connectivity index (χ1n) is 7.78. The zero-order chi connectivity index (χ0) is 18.1. The SMILES string of the molecule is CC(O)=C(C=NC(=O)Cc1ccccc1)C(=O)OCc1ccccc1. The summed E-state index contributed by atoms with van der Waals surface area (Å²) in [5.74, 6) is -1.41. The van der Waals surface area contributed by atoms with E-state index in [1.807, 2.05) is 60.7 Å². The number of carbonyl (C=O) groups excluding carboxylic acids is 2. The molecule has 2 rings (SSSR count). The number of hydrogen-bond donors (Lipinski definition) is 1. The molecule has 0 unspecified atom stereocenters. The summed E-state index contributed by atoms with van der Waals surface area (Å²) < 4.78 is 5.14. The van der Waals surface area contributed by atoms with Crippen LogP contribution in [0.1, 0.15) is 18.1 Å². The molecule has 0 spiro atoms. The van der Waals surface area contributed by atoms with Crippen molar-refractivity contribution in [2.24, 2.45) is 4.99 Å². The molecule has 25 heavy (non-hydrogen) atoms. The second-order valence-corrected chi connectivity index (χ2v) is 5.38. The van der Waals surface area contributed by atoms with Gasteiger partial charge in [0.25, 0.3) is 0 Å². The zero-order valence-electron chi connectivity index (χ0n) is 13.9. The third kappa shape index (κ3) is 6.06. The fraction of sp³-hybridized carbons (Fsp3) is 0.150. The van der Waals surface area contributed by atoms with Gasteiger partial charge in [0.1, 0.15) is 17.9 Å². The van der Waals surface area contributed by atoms with E-state index in [1.165, 1.54) is 6.92 Å². The molecular weight excluding hydrogens is 318 g/mol. The predicted molar refractivity (Wildman–Crippen MR) is 95.2 cm³/mol. The van der Waals surface area contributed by atoms with Crippen LogP contribution in [0, 0.1) is 0 Å². The molecule has 0 fully saturated rings. The van der Waals surface area contributed by atoms with Gasteiger partial charge in [-0.2, -0.15) is 0 Å². The van der Waals surface area contributed by atoms with Gasteiger partial charge in [0.2, 0.25) is 5.91 Å². The van der Waals surface area contributed by atoms with Gasteiger partial charge in [-0.3, -0.25) is 4.79 Å². The third-order valence-corrected chi connectivity index (χ3v) is 3.36. The number of nitrogens with zero attached hydrogens (tertiary/aromatic N) is 1. The van der Waals surface area contributed by atoms with Gasteiger partial charge in [-0.15, -0.1) is 0 Å². The lowest BCUT2D eigenvalue weighted by atomic mass is 10.1. The van der Waals surface area contributed by atoms with Gasteiger partial charge >= 0.3 is 5.97 Å². The van der Waals surface area contributed by atoms with E-state index in [0.29, 0.717) is 0 Å². The van der Waals surface area contributed by atoms with E-state index in [9.17, 15) is 14.7 Å². The Labute approximate surface area is 146 Å². The Morgan fingerprint density at radius 1 is 1.00 bits per heavy atom. The number of aliphatic imine (C=N–C) groups is 1. The van der Waals surface area contributed by atoms with Crippen molar-refractivity contribution >= 4 is 18.1 Å².